The molecule has 0 radical (unpaired) electrons. The first-order valence-corrected chi connectivity index (χ1v) is 6.99. The van der Waals surface area contributed by atoms with Crippen LogP contribution in [-0.2, 0) is 17.9 Å². The first-order valence-electron chi connectivity index (χ1n) is 6.61. The monoisotopic (exact) mass is 289 g/mol. The summed E-state index contributed by atoms with van der Waals surface area (Å²) >= 11 is 6.04. The van der Waals surface area contributed by atoms with Crippen molar-refractivity contribution >= 4 is 17.5 Å². The van der Waals surface area contributed by atoms with Crippen molar-refractivity contribution < 1.29 is 9.36 Å². The van der Waals surface area contributed by atoms with E-state index in [0.29, 0.717) is 24.5 Å². The number of nitrogens with zero attached hydrogens (tertiary/aromatic N) is 1. The third-order valence-corrected chi connectivity index (χ3v) is 3.46. The van der Waals surface area contributed by atoms with Crippen LogP contribution in [0.4, 0.5) is 0 Å². The number of aromatic nitrogens is 1. The van der Waals surface area contributed by atoms with E-state index in [4.69, 9.17) is 11.6 Å². The molecule has 0 spiro atoms. The fraction of sp³-hybridized carbons (Fsp3) is 0.250. The molecule has 4 heteroatoms. The first-order chi connectivity index (χ1) is 9.65. The Kier molecular flexibility index (Phi) is 5.13. The van der Waals surface area contributed by atoms with E-state index in [1.165, 1.54) is 5.56 Å². The standard InChI is InChI=1S/C16H17ClN2O/c1-13-6-9-19(10-7-13)11-8-16(20)18-12-14-4-2-3-5-15(14)17/h2-7,9-10H,8,11-12H2,1H3/p+1. The third kappa shape index (κ3) is 4.35. The lowest BCUT2D eigenvalue weighted by Gasteiger charge is -2.06. The molecule has 0 saturated heterocycles. The summed E-state index contributed by atoms with van der Waals surface area (Å²) in [6, 6.07) is 11.6. The van der Waals surface area contributed by atoms with Crippen LogP contribution in [0.15, 0.2) is 48.8 Å². The minimum absolute atomic E-state index is 0.0259. The van der Waals surface area contributed by atoms with E-state index in [1.54, 1.807) is 0 Å². The number of hydrogen-bond donors (Lipinski definition) is 1. The fourth-order valence-electron chi connectivity index (χ4n) is 1.84. The zero-order chi connectivity index (χ0) is 14.4. The molecule has 0 aliphatic heterocycles. The number of nitrogens with one attached hydrogen (secondary N) is 1. The normalized spacial score (nSPS) is 10.3. The molecule has 0 atom stereocenters. The van der Waals surface area contributed by atoms with Gasteiger partial charge >= 0.3 is 0 Å². The molecule has 1 heterocycles. The topological polar surface area (TPSA) is 33.0 Å². The summed E-state index contributed by atoms with van der Waals surface area (Å²) in [6.07, 6.45) is 4.42. The van der Waals surface area contributed by atoms with Crippen LogP contribution >= 0.6 is 11.6 Å². The highest BCUT2D eigenvalue weighted by molar-refractivity contribution is 6.31. The maximum absolute atomic E-state index is 11.8. The number of carbonyl (C=O) groups excluding carboxylic acids is 1. The summed E-state index contributed by atoms with van der Waals surface area (Å²) in [4.78, 5) is 11.8. The predicted molar refractivity (Wildman–Crippen MR) is 79.3 cm³/mol. The van der Waals surface area contributed by atoms with Crippen LogP contribution in [0.3, 0.4) is 0 Å². The van der Waals surface area contributed by atoms with Gasteiger partial charge in [0, 0.05) is 23.7 Å². The number of aryl methyl sites for hydroxylation is 2. The second kappa shape index (κ2) is 7.06. The van der Waals surface area contributed by atoms with Gasteiger partial charge in [-0.15, -0.1) is 0 Å². The van der Waals surface area contributed by atoms with E-state index in [1.807, 2.05) is 60.3 Å². The molecule has 2 rings (SSSR count). The van der Waals surface area contributed by atoms with Crippen molar-refractivity contribution in [3.8, 4) is 0 Å². The molecule has 0 unspecified atom stereocenters. The summed E-state index contributed by atoms with van der Waals surface area (Å²) in [6.45, 7) is 3.19. The van der Waals surface area contributed by atoms with E-state index in [0.717, 1.165) is 5.56 Å². The lowest BCUT2D eigenvalue weighted by atomic mass is 10.2. The molecule has 0 fully saturated rings. The Hall–Kier alpha value is -1.87. The SMILES string of the molecule is Cc1cc[n+](CCC(=O)NCc2ccccc2Cl)cc1. The minimum atomic E-state index is 0.0259. The van der Waals surface area contributed by atoms with E-state index in [9.17, 15) is 4.79 Å². The molecule has 0 bridgehead atoms. The summed E-state index contributed by atoms with van der Waals surface area (Å²) in [5.74, 6) is 0.0259. The van der Waals surface area contributed by atoms with Crippen LogP contribution in [0.2, 0.25) is 5.02 Å². The Bertz CT molecular complexity index is 581. The highest BCUT2D eigenvalue weighted by atomic mass is 35.5. The van der Waals surface area contributed by atoms with Crippen LogP contribution in [0, 0.1) is 6.92 Å². The van der Waals surface area contributed by atoms with Gasteiger partial charge < -0.3 is 5.32 Å². The van der Waals surface area contributed by atoms with Gasteiger partial charge in [0.15, 0.2) is 18.9 Å². The van der Waals surface area contributed by atoms with Crippen molar-refractivity contribution in [2.24, 2.45) is 0 Å². The third-order valence-electron chi connectivity index (χ3n) is 3.09. The highest BCUT2D eigenvalue weighted by Crippen LogP contribution is 2.14. The molecule has 0 saturated carbocycles. The zero-order valence-corrected chi connectivity index (χ0v) is 12.2. The minimum Gasteiger partial charge on any atom is -0.352 e. The first kappa shape index (κ1) is 14.5. The largest absolute Gasteiger partial charge is 0.352 e. The lowest BCUT2D eigenvalue weighted by Crippen LogP contribution is -2.36. The van der Waals surface area contributed by atoms with Crippen molar-refractivity contribution in [2.75, 3.05) is 0 Å². The van der Waals surface area contributed by atoms with Crippen molar-refractivity contribution in [1.82, 2.24) is 5.32 Å². The Morgan fingerprint density at radius 3 is 2.60 bits per heavy atom. The number of pyridine rings is 1. The Morgan fingerprint density at radius 1 is 1.20 bits per heavy atom. The Labute approximate surface area is 124 Å². The molecule has 2 aromatic rings. The van der Waals surface area contributed by atoms with Crippen molar-refractivity contribution in [3.63, 3.8) is 0 Å². The van der Waals surface area contributed by atoms with Gasteiger partial charge in [0.25, 0.3) is 0 Å². The Morgan fingerprint density at radius 2 is 1.90 bits per heavy atom. The zero-order valence-electron chi connectivity index (χ0n) is 11.5. The molecule has 20 heavy (non-hydrogen) atoms. The maximum Gasteiger partial charge on any atom is 0.226 e. The van der Waals surface area contributed by atoms with Crippen LogP contribution in [-0.4, -0.2) is 5.91 Å². The van der Waals surface area contributed by atoms with Crippen molar-refractivity contribution in [3.05, 3.63) is 64.9 Å². The van der Waals surface area contributed by atoms with E-state index in [2.05, 4.69) is 5.32 Å². The molecular formula is C16H18ClN2O+. The second-order valence-corrected chi connectivity index (χ2v) is 5.14. The van der Waals surface area contributed by atoms with Gasteiger partial charge in [-0.3, -0.25) is 4.79 Å². The van der Waals surface area contributed by atoms with Crippen molar-refractivity contribution in [2.45, 2.75) is 26.4 Å². The molecule has 0 aliphatic carbocycles. The smallest absolute Gasteiger partial charge is 0.226 e. The van der Waals surface area contributed by atoms with Gasteiger partial charge in [-0.05, 0) is 24.1 Å². The average Bonchev–Trinajstić information content (AvgIpc) is 2.46. The van der Waals surface area contributed by atoms with Gasteiger partial charge in [0.2, 0.25) is 5.91 Å². The fourth-order valence-corrected chi connectivity index (χ4v) is 2.04. The van der Waals surface area contributed by atoms with Crippen LogP contribution in [0.5, 0.6) is 0 Å². The van der Waals surface area contributed by atoms with Crippen LogP contribution < -0.4 is 9.88 Å². The lowest BCUT2D eigenvalue weighted by molar-refractivity contribution is -0.695. The van der Waals surface area contributed by atoms with Gasteiger partial charge in [-0.2, -0.15) is 0 Å². The van der Waals surface area contributed by atoms with E-state index in [-0.39, 0.29) is 5.91 Å². The van der Waals surface area contributed by atoms with Gasteiger partial charge in [-0.25, -0.2) is 4.57 Å². The molecule has 3 nitrogen and oxygen atoms in total. The van der Waals surface area contributed by atoms with Gasteiger partial charge in [0.1, 0.15) is 0 Å². The average molecular weight is 290 g/mol. The quantitative estimate of drug-likeness (QED) is 0.844. The van der Waals surface area contributed by atoms with E-state index >= 15 is 0 Å². The summed E-state index contributed by atoms with van der Waals surface area (Å²) in [5.41, 5.74) is 2.15. The Balaban J connectivity index is 1.78. The molecule has 1 aromatic heterocycles. The molecule has 1 aromatic carbocycles. The number of carbonyl (C=O) groups is 1. The maximum atomic E-state index is 11.8. The van der Waals surface area contributed by atoms with Crippen molar-refractivity contribution in [1.29, 1.82) is 0 Å². The highest BCUT2D eigenvalue weighted by Gasteiger charge is 2.07. The number of rotatable bonds is 5. The van der Waals surface area contributed by atoms with Crippen LogP contribution in [0.25, 0.3) is 0 Å². The number of benzene rings is 1. The predicted octanol–water partition coefficient (Wildman–Crippen LogP) is 2.64. The molecular weight excluding hydrogens is 272 g/mol. The molecule has 1 amide bonds. The van der Waals surface area contributed by atoms with E-state index < -0.39 is 0 Å². The molecule has 104 valence electrons. The number of hydrogen-bond acceptors (Lipinski definition) is 1. The summed E-state index contributed by atoms with van der Waals surface area (Å²) < 4.78 is 2.00. The van der Waals surface area contributed by atoms with Gasteiger partial charge in [0.05, 0.1) is 6.42 Å². The molecule has 1 N–H and O–H groups in total. The van der Waals surface area contributed by atoms with Crippen LogP contribution in [0.1, 0.15) is 17.5 Å². The summed E-state index contributed by atoms with van der Waals surface area (Å²) in [5, 5.41) is 3.57. The van der Waals surface area contributed by atoms with Gasteiger partial charge in [-0.1, -0.05) is 29.8 Å². The number of amides is 1. The number of halogens is 1. The summed E-state index contributed by atoms with van der Waals surface area (Å²) in [7, 11) is 0. The second-order valence-electron chi connectivity index (χ2n) is 4.73. The molecule has 0 aliphatic rings.